The van der Waals surface area contributed by atoms with Crippen LogP contribution in [-0.4, -0.2) is 0 Å². The maximum Gasteiger partial charge on any atom is 0.0468 e. The summed E-state index contributed by atoms with van der Waals surface area (Å²) in [6.45, 7) is 8.23. The second-order valence-corrected chi connectivity index (χ2v) is 14.2. The Labute approximate surface area is 335 Å². The van der Waals surface area contributed by atoms with Crippen LogP contribution in [0.4, 0.5) is 17.1 Å². The second-order valence-electron chi connectivity index (χ2n) is 14.2. The van der Waals surface area contributed by atoms with E-state index in [0.29, 0.717) is 0 Å². The average Bonchev–Trinajstić information content (AvgIpc) is 3.29. The summed E-state index contributed by atoms with van der Waals surface area (Å²) in [5, 5.41) is 4.84. The zero-order valence-electron chi connectivity index (χ0n) is 31.7. The van der Waals surface area contributed by atoms with E-state index in [0.717, 1.165) is 39.3 Å². The Morgan fingerprint density at radius 3 is 1.47 bits per heavy atom. The highest BCUT2D eigenvalue weighted by Gasteiger charge is 2.20. The quantitative estimate of drug-likeness (QED) is 0.127. The maximum atomic E-state index is 4.21. The minimum Gasteiger partial charge on any atom is -0.310 e. The molecule has 1 nitrogen and oxygen atoms in total. The highest BCUT2D eigenvalue weighted by atomic mass is 15.1. The maximum absolute atomic E-state index is 4.21. The Kier molecular flexibility index (Phi) is 9.71. The molecule has 9 rings (SSSR count). The summed E-state index contributed by atoms with van der Waals surface area (Å²) >= 11 is 0. The summed E-state index contributed by atoms with van der Waals surface area (Å²) in [5.74, 6) is 0. The molecule has 0 saturated heterocycles. The van der Waals surface area contributed by atoms with Crippen molar-refractivity contribution in [3.05, 3.63) is 243 Å². The molecule has 0 fully saturated rings. The Morgan fingerprint density at radius 1 is 0.368 bits per heavy atom. The van der Waals surface area contributed by atoms with E-state index in [1.54, 1.807) is 0 Å². The van der Waals surface area contributed by atoms with E-state index in [1.165, 1.54) is 54.9 Å². The van der Waals surface area contributed by atoms with Gasteiger partial charge in [0.05, 0.1) is 0 Å². The molecule has 0 aliphatic rings. The van der Waals surface area contributed by atoms with E-state index in [2.05, 4.69) is 224 Å². The molecule has 0 aliphatic heterocycles. The molecule has 0 amide bonds. The number of fused-ring (bicyclic) bond motifs is 2. The predicted molar refractivity (Wildman–Crippen MR) is 246 cm³/mol. The van der Waals surface area contributed by atoms with E-state index < -0.39 is 0 Å². The minimum absolute atomic E-state index is 1.02. The molecule has 0 bridgehead atoms. The van der Waals surface area contributed by atoms with Gasteiger partial charge in [0.1, 0.15) is 0 Å². The molecule has 0 unspecified atom stereocenters. The molecule has 0 aromatic heterocycles. The number of anilines is 3. The first-order valence-corrected chi connectivity index (χ1v) is 19.4. The van der Waals surface area contributed by atoms with Gasteiger partial charge < -0.3 is 4.90 Å². The topological polar surface area (TPSA) is 3.24 Å². The number of rotatable bonds is 10. The first kappa shape index (κ1) is 35.2. The van der Waals surface area contributed by atoms with Gasteiger partial charge in [0.2, 0.25) is 0 Å². The molecule has 9 aromatic carbocycles. The van der Waals surface area contributed by atoms with Gasteiger partial charge in [-0.15, -0.1) is 0 Å². The van der Waals surface area contributed by atoms with Crippen molar-refractivity contribution < 1.29 is 0 Å². The third-order valence-corrected chi connectivity index (χ3v) is 10.8. The summed E-state index contributed by atoms with van der Waals surface area (Å²) in [5.41, 5.74) is 14.7. The second kappa shape index (κ2) is 15.7. The monoisotopic (exact) mass is 727 g/mol. The number of nitrogens with zero attached hydrogens (tertiary/aromatic N) is 1. The third-order valence-electron chi connectivity index (χ3n) is 10.8. The standard InChI is InChI=1S/C56H41N/c1-3-17-40(4-2)51-36-34-47(38-55(51)53-28-15-24-44-22-11-13-26-49(44)53)57(46-32-30-42(31-33-46)41-18-7-5-8-19-41)48-35-37-52(43-20-9-6-10-21-43)56(39-48)54-29-16-25-45-23-12-14-27-50(45)54/h3-39H,1-2H2/b40-17+. The van der Waals surface area contributed by atoms with Crippen molar-refractivity contribution in [1.29, 1.82) is 0 Å². The van der Waals surface area contributed by atoms with Crippen LogP contribution >= 0.6 is 0 Å². The van der Waals surface area contributed by atoms with Crippen LogP contribution in [0.25, 0.3) is 71.6 Å². The summed E-state index contributed by atoms with van der Waals surface area (Å²) in [6.07, 6.45) is 5.79. The normalized spacial score (nSPS) is 11.4. The van der Waals surface area contributed by atoms with Gasteiger partial charge in [-0.2, -0.15) is 0 Å². The van der Waals surface area contributed by atoms with Crippen LogP contribution in [0, 0.1) is 0 Å². The van der Waals surface area contributed by atoms with Crippen LogP contribution < -0.4 is 4.90 Å². The van der Waals surface area contributed by atoms with Gasteiger partial charge in [0.25, 0.3) is 0 Å². The van der Waals surface area contributed by atoms with Crippen LogP contribution in [0.1, 0.15) is 5.56 Å². The summed E-state index contributed by atoms with van der Waals surface area (Å²) in [7, 11) is 0. The van der Waals surface area contributed by atoms with E-state index in [1.807, 2.05) is 18.2 Å². The summed E-state index contributed by atoms with van der Waals surface area (Å²) in [4.78, 5) is 2.39. The summed E-state index contributed by atoms with van der Waals surface area (Å²) < 4.78 is 0. The van der Waals surface area contributed by atoms with Crippen LogP contribution in [0.15, 0.2) is 238 Å². The van der Waals surface area contributed by atoms with E-state index >= 15 is 0 Å². The molecule has 57 heavy (non-hydrogen) atoms. The van der Waals surface area contributed by atoms with E-state index in [-0.39, 0.29) is 0 Å². The lowest BCUT2D eigenvalue weighted by Gasteiger charge is -2.28. The van der Waals surface area contributed by atoms with Gasteiger partial charge in [-0.3, -0.25) is 0 Å². The van der Waals surface area contributed by atoms with Gasteiger partial charge in [-0.05, 0) is 114 Å². The number of hydrogen-bond donors (Lipinski definition) is 0. The molecule has 0 radical (unpaired) electrons. The van der Waals surface area contributed by atoms with Gasteiger partial charge in [0.15, 0.2) is 0 Å². The summed E-state index contributed by atoms with van der Waals surface area (Å²) in [6, 6.07) is 74.4. The Hall–Kier alpha value is -7.48. The Bertz CT molecular complexity index is 2910. The Balaban J connectivity index is 1.31. The molecule has 0 N–H and O–H groups in total. The third kappa shape index (κ3) is 6.88. The van der Waals surface area contributed by atoms with Crippen LogP contribution in [-0.2, 0) is 0 Å². The van der Waals surface area contributed by atoms with Crippen molar-refractivity contribution in [2.75, 3.05) is 4.90 Å². The van der Waals surface area contributed by atoms with Gasteiger partial charge >= 0.3 is 0 Å². The molecule has 0 saturated carbocycles. The number of allylic oxidation sites excluding steroid dienone is 4. The molecule has 270 valence electrons. The van der Waals surface area contributed by atoms with Gasteiger partial charge in [0, 0.05) is 17.1 Å². The Morgan fingerprint density at radius 2 is 0.860 bits per heavy atom. The van der Waals surface area contributed by atoms with Crippen LogP contribution in [0.2, 0.25) is 0 Å². The lowest BCUT2D eigenvalue weighted by molar-refractivity contribution is 1.28. The lowest BCUT2D eigenvalue weighted by atomic mass is 9.89. The number of hydrogen-bond acceptors (Lipinski definition) is 1. The van der Waals surface area contributed by atoms with E-state index in [9.17, 15) is 0 Å². The lowest BCUT2D eigenvalue weighted by Crippen LogP contribution is -2.11. The molecular formula is C56H41N. The largest absolute Gasteiger partial charge is 0.310 e. The first-order valence-electron chi connectivity index (χ1n) is 19.4. The molecule has 0 atom stereocenters. The van der Waals surface area contributed by atoms with Crippen molar-refractivity contribution in [3.63, 3.8) is 0 Å². The zero-order chi connectivity index (χ0) is 38.6. The fourth-order valence-corrected chi connectivity index (χ4v) is 8.11. The highest BCUT2D eigenvalue weighted by molar-refractivity contribution is 6.03. The fraction of sp³-hybridized carbons (Fsp3) is 0. The predicted octanol–water partition coefficient (Wildman–Crippen LogP) is 15.9. The molecule has 1 heteroatoms. The van der Waals surface area contributed by atoms with E-state index in [4.69, 9.17) is 0 Å². The minimum atomic E-state index is 1.02. The molecule has 0 spiro atoms. The molecule has 0 heterocycles. The molecule has 9 aromatic rings. The van der Waals surface area contributed by atoms with Gasteiger partial charge in [-0.25, -0.2) is 0 Å². The SMILES string of the molecule is C=C/C=C(\C=C)c1ccc(N(c2ccc(-c3ccccc3)cc2)c2ccc(-c3ccccc3)c(-c3cccc4ccccc34)c2)cc1-c1cccc2ccccc12. The van der Waals surface area contributed by atoms with Crippen LogP contribution in [0.3, 0.4) is 0 Å². The highest BCUT2D eigenvalue weighted by Crippen LogP contribution is 2.45. The van der Waals surface area contributed by atoms with Crippen molar-refractivity contribution in [2.24, 2.45) is 0 Å². The average molecular weight is 728 g/mol. The van der Waals surface area contributed by atoms with Crippen molar-refractivity contribution in [1.82, 2.24) is 0 Å². The fourth-order valence-electron chi connectivity index (χ4n) is 8.11. The molecule has 0 aliphatic carbocycles. The molecular weight excluding hydrogens is 687 g/mol. The van der Waals surface area contributed by atoms with Gasteiger partial charge in [-0.1, -0.05) is 201 Å². The van der Waals surface area contributed by atoms with Crippen molar-refractivity contribution in [3.8, 4) is 44.5 Å². The smallest absolute Gasteiger partial charge is 0.0468 e. The van der Waals surface area contributed by atoms with Crippen molar-refractivity contribution in [2.45, 2.75) is 0 Å². The van der Waals surface area contributed by atoms with Crippen LogP contribution in [0.5, 0.6) is 0 Å². The first-order chi connectivity index (χ1) is 28.2. The zero-order valence-corrected chi connectivity index (χ0v) is 31.7. The van der Waals surface area contributed by atoms with Crippen molar-refractivity contribution >= 4 is 44.2 Å². The number of benzene rings is 9.